The van der Waals surface area contributed by atoms with Gasteiger partial charge in [-0.1, -0.05) is 6.07 Å². The summed E-state index contributed by atoms with van der Waals surface area (Å²) in [6.07, 6.45) is 3.25. The number of benzene rings is 1. The van der Waals surface area contributed by atoms with E-state index in [-0.39, 0.29) is 0 Å². The molecule has 26 heavy (non-hydrogen) atoms. The molecule has 0 unspecified atom stereocenters. The van der Waals surface area contributed by atoms with Gasteiger partial charge in [-0.2, -0.15) is 5.10 Å². The van der Waals surface area contributed by atoms with E-state index in [1.165, 1.54) is 6.33 Å². The summed E-state index contributed by atoms with van der Waals surface area (Å²) in [6.45, 7) is 1.34. The summed E-state index contributed by atoms with van der Waals surface area (Å²) in [5, 5.41) is 9.34. The van der Waals surface area contributed by atoms with Gasteiger partial charge in [0.25, 0.3) is 0 Å². The minimum Gasteiger partial charge on any atom is -0.383 e. The number of hydrogen-bond acceptors (Lipinski definition) is 7. The Morgan fingerprint density at radius 2 is 2.08 bits per heavy atom. The van der Waals surface area contributed by atoms with Gasteiger partial charge >= 0.3 is 0 Å². The van der Waals surface area contributed by atoms with Gasteiger partial charge in [0, 0.05) is 17.4 Å². The van der Waals surface area contributed by atoms with E-state index in [0.29, 0.717) is 41.3 Å². The highest BCUT2D eigenvalue weighted by molar-refractivity contribution is 6.00. The molecule has 5 N–H and O–H groups in total. The van der Waals surface area contributed by atoms with Crippen molar-refractivity contribution in [3.05, 3.63) is 35.5 Å². The Morgan fingerprint density at radius 1 is 1.19 bits per heavy atom. The Kier molecular flexibility index (Phi) is 4.05. The Balaban J connectivity index is 1.86. The monoisotopic (exact) mass is 350 g/mol. The fourth-order valence-electron chi connectivity index (χ4n) is 3.08. The summed E-state index contributed by atoms with van der Waals surface area (Å²) in [5.41, 5.74) is 15.0. The summed E-state index contributed by atoms with van der Waals surface area (Å²) < 4.78 is 1.84. The van der Waals surface area contributed by atoms with Crippen LogP contribution in [-0.4, -0.2) is 31.3 Å². The van der Waals surface area contributed by atoms with Crippen molar-refractivity contribution in [1.29, 1.82) is 0 Å². The molecule has 0 bridgehead atoms. The number of anilines is 1. The van der Waals surface area contributed by atoms with Crippen LogP contribution in [0, 0.1) is 4.91 Å². The van der Waals surface area contributed by atoms with Gasteiger partial charge in [0.1, 0.15) is 23.5 Å². The van der Waals surface area contributed by atoms with E-state index >= 15 is 0 Å². The molecular formula is C17H18N8O. The van der Waals surface area contributed by atoms with Crippen molar-refractivity contribution in [2.45, 2.75) is 19.4 Å². The number of rotatable bonds is 6. The van der Waals surface area contributed by atoms with Gasteiger partial charge in [-0.3, -0.25) is 0 Å². The maximum atomic E-state index is 10.8. The van der Waals surface area contributed by atoms with E-state index in [0.717, 1.165) is 29.4 Å². The summed E-state index contributed by atoms with van der Waals surface area (Å²) >= 11 is 0. The smallest absolute Gasteiger partial charge is 0.164 e. The van der Waals surface area contributed by atoms with Crippen molar-refractivity contribution in [1.82, 2.24) is 24.7 Å². The number of nitrogen functional groups attached to an aromatic ring is 1. The molecule has 0 fully saturated rings. The number of fused-ring (bicyclic) bond motifs is 2. The van der Waals surface area contributed by atoms with E-state index < -0.39 is 0 Å². The maximum Gasteiger partial charge on any atom is 0.164 e. The van der Waals surface area contributed by atoms with Gasteiger partial charge in [-0.25, -0.2) is 14.6 Å². The van der Waals surface area contributed by atoms with E-state index in [1.807, 2.05) is 16.8 Å². The fourth-order valence-corrected chi connectivity index (χ4v) is 3.08. The second kappa shape index (κ2) is 6.52. The van der Waals surface area contributed by atoms with Crippen molar-refractivity contribution in [3.8, 4) is 11.4 Å². The van der Waals surface area contributed by atoms with Crippen molar-refractivity contribution < 1.29 is 0 Å². The molecule has 3 aromatic heterocycles. The molecule has 0 saturated carbocycles. The van der Waals surface area contributed by atoms with Crippen molar-refractivity contribution in [2.75, 3.05) is 12.3 Å². The Bertz CT molecular complexity index is 1100. The lowest BCUT2D eigenvalue weighted by Crippen LogP contribution is -2.05. The van der Waals surface area contributed by atoms with Gasteiger partial charge in [-0.15, -0.1) is 4.91 Å². The largest absolute Gasteiger partial charge is 0.383 e. The highest BCUT2D eigenvalue weighted by atomic mass is 16.3. The highest BCUT2D eigenvalue weighted by Crippen LogP contribution is 2.32. The third kappa shape index (κ3) is 2.68. The molecule has 4 aromatic rings. The SMILES string of the molecule is NCCCCn1nc(-c2cc3ccc(N=O)cc3[nH]2)c2c(N)ncnc21. The minimum absolute atomic E-state index is 0.367. The number of hydrogen-bond donors (Lipinski definition) is 3. The molecule has 0 spiro atoms. The van der Waals surface area contributed by atoms with Crippen molar-refractivity contribution in [2.24, 2.45) is 10.9 Å². The average molecular weight is 350 g/mol. The summed E-state index contributed by atoms with van der Waals surface area (Å²) in [5.74, 6) is 0.379. The fraction of sp³-hybridized carbons (Fsp3) is 0.235. The molecule has 132 valence electrons. The van der Waals surface area contributed by atoms with E-state index in [1.54, 1.807) is 12.1 Å². The van der Waals surface area contributed by atoms with Crippen molar-refractivity contribution >= 4 is 33.4 Å². The molecule has 4 rings (SSSR count). The third-order valence-electron chi connectivity index (χ3n) is 4.35. The third-order valence-corrected chi connectivity index (χ3v) is 4.35. The summed E-state index contributed by atoms with van der Waals surface area (Å²) in [4.78, 5) is 22.5. The number of H-pyrrole nitrogens is 1. The van der Waals surface area contributed by atoms with Gasteiger partial charge in [0.15, 0.2) is 5.65 Å². The first-order chi connectivity index (χ1) is 12.7. The zero-order valence-electron chi connectivity index (χ0n) is 14.0. The van der Waals surface area contributed by atoms with Crippen LogP contribution in [0.4, 0.5) is 11.5 Å². The quantitative estimate of drug-likeness (QED) is 0.360. The number of nitrogens with zero attached hydrogens (tertiary/aromatic N) is 5. The van der Waals surface area contributed by atoms with Gasteiger partial charge in [-0.05, 0) is 42.8 Å². The number of nitrogens with one attached hydrogen (secondary N) is 1. The standard InChI is InChI=1S/C17H18N8O/c18-5-1-2-6-25-17-14(16(19)20-9-21-17)15(23-25)13-7-10-3-4-11(24-26)8-12(10)22-13/h3-4,7-9,22H,1-2,5-6,18H2,(H2,19,20,21). The number of aryl methyl sites for hydroxylation is 1. The zero-order valence-corrected chi connectivity index (χ0v) is 14.0. The van der Waals surface area contributed by atoms with Crippen LogP contribution in [0.5, 0.6) is 0 Å². The molecule has 0 radical (unpaired) electrons. The second-order valence-electron chi connectivity index (χ2n) is 6.07. The van der Waals surface area contributed by atoms with Gasteiger partial charge in [0.2, 0.25) is 0 Å². The molecule has 0 atom stereocenters. The van der Waals surface area contributed by atoms with Crippen LogP contribution < -0.4 is 11.5 Å². The van der Waals surface area contributed by atoms with Crippen LogP contribution in [0.25, 0.3) is 33.3 Å². The predicted octanol–water partition coefficient (Wildman–Crippen LogP) is 2.69. The summed E-state index contributed by atoms with van der Waals surface area (Å²) in [7, 11) is 0. The highest BCUT2D eigenvalue weighted by Gasteiger charge is 2.18. The number of unbranched alkanes of at least 4 members (excludes halogenated alkanes) is 1. The molecule has 0 amide bonds. The van der Waals surface area contributed by atoms with Crippen LogP contribution in [-0.2, 0) is 6.54 Å². The van der Waals surface area contributed by atoms with Gasteiger partial charge < -0.3 is 16.5 Å². The molecule has 9 nitrogen and oxygen atoms in total. The average Bonchev–Trinajstić information content (AvgIpc) is 3.23. The molecular weight excluding hydrogens is 332 g/mol. The Morgan fingerprint density at radius 3 is 2.88 bits per heavy atom. The number of nitroso groups, excluding NO2 is 1. The molecule has 9 heteroatoms. The number of aromatic amines is 1. The maximum absolute atomic E-state index is 10.8. The first kappa shape index (κ1) is 16.2. The normalized spacial score (nSPS) is 11.4. The Hall–Kier alpha value is -3.33. The Labute approximate surface area is 148 Å². The molecule has 0 aliphatic rings. The molecule has 0 aliphatic carbocycles. The van der Waals surface area contributed by atoms with Crippen molar-refractivity contribution in [3.63, 3.8) is 0 Å². The minimum atomic E-state index is 0.367. The topological polar surface area (TPSA) is 141 Å². The second-order valence-corrected chi connectivity index (χ2v) is 6.07. The lowest BCUT2D eigenvalue weighted by molar-refractivity contribution is 0.574. The number of aromatic nitrogens is 5. The zero-order chi connectivity index (χ0) is 18.1. The molecule has 0 saturated heterocycles. The molecule has 3 heterocycles. The lowest BCUT2D eigenvalue weighted by atomic mass is 10.2. The molecule has 1 aromatic carbocycles. The van der Waals surface area contributed by atoms with E-state index in [4.69, 9.17) is 16.6 Å². The van der Waals surface area contributed by atoms with Crippen LogP contribution in [0.15, 0.2) is 35.8 Å². The lowest BCUT2D eigenvalue weighted by Gasteiger charge is -2.01. The van der Waals surface area contributed by atoms with Crippen LogP contribution in [0.2, 0.25) is 0 Å². The van der Waals surface area contributed by atoms with Gasteiger partial charge in [0.05, 0.1) is 11.1 Å². The van der Waals surface area contributed by atoms with Crippen LogP contribution in [0.3, 0.4) is 0 Å². The van der Waals surface area contributed by atoms with Crippen LogP contribution >= 0.6 is 0 Å². The van der Waals surface area contributed by atoms with Crippen LogP contribution in [0.1, 0.15) is 12.8 Å². The first-order valence-electron chi connectivity index (χ1n) is 8.35. The van der Waals surface area contributed by atoms with E-state index in [9.17, 15) is 4.91 Å². The predicted molar refractivity (Wildman–Crippen MR) is 101 cm³/mol. The first-order valence-corrected chi connectivity index (χ1v) is 8.35. The number of nitrogens with two attached hydrogens (primary N) is 2. The molecule has 0 aliphatic heterocycles. The summed E-state index contributed by atoms with van der Waals surface area (Å²) in [6, 6.07) is 7.18. The van der Waals surface area contributed by atoms with E-state index in [2.05, 4.69) is 20.1 Å².